The molecule has 22 heavy (non-hydrogen) atoms. The zero-order valence-electron chi connectivity index (χ0n) is 16.4. The maximum atomic E-state index is 2.52. The smallest absolute Gasteiger partial charge is 0.0366 e. The molecule has 1 saturated heterocycles. The second kappa shape index (κ2) is 10.7. The van der Waals surface area contributed by atoms with Crippen LogP contribution in [-0.2, 0) is 5.41 Å². The van der Waals surface area contributed by atoms with Gasteiger partial charge in [-0.3, -0.25) is 0 Å². The molecule has 0 amide bonds. The molecule has 0 radical (unpaired) electrons. The molecule has 1 aromatic carbocycles. The molecule has 0 saturated carbocycles. The third-order valence-corrected chi connectivity index (χ3v) is 3.88. The van der Waals surface area contributed by atoms with E-state index < -0.39 is 0 Å². The Labute approximate surface area is 140 Å². The summed E-state index contributed by atoms with van der Waals surface area (Å²) in [6.45, 7) is 19.9. The first kappa shape index (κ1) is 21.0. The van der Waals surface area contributed by atoms with E-state index in [2.05, 4.69) is 70.7 Å². The molecule has 0 aromatic heterocycles. The van der Waals surface area contributed by atoms with Gasteiger partial charge in [-0.05, 0) is 41.9 Å². The van der Waals surface area contributed by atoms with Crippen molar-refractivity contribution in [2.45, 2.75) is 80.1 Å². The molecule has 128 valence electrons. The van der Waals surface area contributed by atoms with E-state index in [4.69, 9.17) is 0 Å². The molecular weight excluding hydrogens is 266 g/mol. The SMILES string of the molecule is CC.CC1CCN(c2ccc(C(C)(C)C)cc2)CC1.CCC. The van der Waals surface area contributed by atoms with E-state index in [9.17, 15) is 0 Å². The number of nitrogens with zero attached hydrogens (tertiary/aromatic N) is 1. The predicted octanol–water partition coefficient (Wildman–Crippen LogP) is 6.66. The number of hydrogen-bond donors (Lipinski definition) is 0. The summed E-state index contributed by atoms with van der Waals surface area (Å²) in [7, 11) is 0. The minimum Gasteiger partial charge on any atom is -0.372 e. The zero-order valence-corrected chi connectivity index (χ0v) is 16.4. The lowest BCUT2D eigenvalue weighted by molar-refractivity contribution is 0.438. The van der Waals surface area contributed by atoms with Crippen LogP contribution in [0.5, 0.6) is 0 Å². The molecule has 0 spiro atoms. The van der Waals surface area contributed by atoms with Crippen molar-refractivity contribution in [3.05, 3.63) is 29.8 Å². The normalized spacial score (nSPS) is 15.4. The van der Waals surface area contributed by atoms with E-state index >= 15 is 0 Å². The molecule has 1 aliphatic heterocycles. The van der Waals surface area contributed by atoms with Crippen LogP contribution in [0.15, 0.2) is 24.3 Å². The van der Waals surface area contributed by atoms with E-state index in [1.807, 2.05) is 13.8 Å². The van der Waals surface area contributed by atoms with Gasteiger partial charge in [0, 0.05) is 18.8 Å². The Morgan fingerprint density at radius 3 is 1.73 bits per heavy atom. The maximum Gasteiger partial charge on any atom is 0.0366 e. The van der Waals surface area contributed by atoms with Gasteiger partial charge in [-0.15, -0.1) is 0 Å². The molecule has 0 bridgehead atoms. The second-order valence-corrected chi connectivity index (χ2v) is 7.17. The molecule has 1 aromatic rings. The Kier molecular flexibility index (Phi) is 10.2. The summed E-state index contributed by atoms with van der Waals surface area (Å²) in [5.41, 5.74) is 3.08. The van der Waals surface area contributed by atoms with Crippen LogP contribution < -0.4 is 4.90 Å². The van der Waals surface area contributed by atoms with Crippen LogP contribution in [0.4, 0.5) is 5.69 Å². The Balaban J connectivity index is 0.000000789. The lowest BCUT2D eigenvalue weighted by atomic mass is 9.87. The van der Waals surface area contributed by atoms with Crippen LogP contribution in [0.3, 0.4) is 0 Å². The number of anilines is 1. The summed E-state index contributed by atoms with van der Waals surface area (Å²) < 4.78 is 0. The van der Waals surface area contributed by atoms with Gasteiger partial charge >= 0.3 is 0 Å². The topological polar surface area (TPSA) is 3.24 Å². The average molecular weight is 306 g/mol. The summed E-state index contributed by atoms with van der Waals surface area (Å²) in [4.78, 5) is 2.52. The van der Waals surface area contributed by atoms with Crippen LogP contribution >= 0.6 is 0 Å². The number of hydrogen-bond acceptors (Lipinski definition) is 1. The lowest BCUT2D eigenvalue weighted by Gasteiger charge is -2.32. The maximum absolute atomic E-state index is 2.52. The van der Waals surface area contributed by atoms with Gasteiger partial charge in [-0.2, -0.15) is 0 Å². The molecule has 0 unspecified atom stereocenters. The van der Waals surface area contributed by atoms with Gasteiger partial charge in [0.05, 0.1) is 0 Å². The molecule has 1 heteroatoms. The molecule has 0 aliphatic carbocycles. The van der Waals surface area contributed by atoms with Crippen molar-refractivity contribution in [1.29, 1.82) is 0 Å². The minimum atomic E-state index is 0.259. The number of piperidine rings is 1. The van der Waals surface area contributed by atoms with Gasteiger partial charge in [0.25, 0.3) is 0 Å². The summed E-state index contributed by atoms with van der Waals surface area (Å²) in [5, 5.41) is 0. The van der Waals surface area contributed by atoms with Crippen molar-refractivity contribution in [1.82, 2.24) is 0 Å². The number of rotatable bonds is 1. The van der Waals surface area contributed by atoms with E-state index in [1.54, 1.807) is 0 Å². The fraction of sp³-hybridized carbons (Fsp3) is 0.714. The van der Waals surface area contributed by atoms with Gasteiger partial charge in [0.2, 0.25) is 0 Å². The monoisotopic (exact) mass is 305 g/mol. The van der Waals surface area contributed by atoms with Gasteiger partial charge in [0.15, 0.2) is 0 Å². The minimum absolute atomic E-state index is 0.259. The molecule has 1 fully saturated rings. The first-order chi connectivity index (χ1) is 10.4. The fourth-order valence-electron chi connectivity index (χ4n) is 2.44. The van der Waals surface area contributed by atoms with Gasteiger partial charge < -0.3 is 4.90 Å². The van der Waals surface area contributed by atoms with Crippen molar-refractivity contribution in [3.8, 4) is 0 Å². The highest BCUT2D eigenvalue weighted by molar-refractivity contribution is 5.48. The van der Waals surface area contributed by atoms with Gasteiger partial charge in [0.1, 0.15) is 0 Å². The quantitative estimate of drug-likeness (QED) is 0.560. The van der Waals surface area contributed by atoms with Gasteiger partial charge in [-0.1, -0.05) is 73.9 Å². The Morgan fingerprint density at radius 1 is 0.955 bits per heavy atom. The molecule has 0 N–H and O–H groups in total. The molecule has 1 aliphatic rings. The van der Waals surface area contributed by atoms with Crippen molar-refractivity contribution in [2.24, 2.45) is 5.92 Å². The van der Waals surface area contributed by atoms with Crippen LogP contribution in [0.2, 0.25) is 0 Å². The summed E-state index contributed by atoms with van der Waals surface area (Å²) in [6, 6.07) is 9.15. The molecule has 1 nitrogen and oxygen atoms in total. The van der Waals surface area contributed by atoms with E-state index in [1.165, 1.54) is 43.6 Å². The zero-order chi connectivity index (χ0) is 17.2. The van der Waals surface area contributed by atoms with Crippen molar-refractivity contribution >= 4 is 5.69 Å². The number of benzene rings is 1. The van der Waals surface area contributed by atoms with Crippen molar-refractivity contribution < 1.29 is 0 Å². The summed E-state index contributed by atoms with van der Waals surface area (Å²) in [6.07, 6.45) is 3.92. The predicted molar refractivity (Wildman–Crippen MR) is 103 cm³/mol. The third kappa shape index (κ3) is 7.33. The van der Waals surface area contributed by atoms with Crippen LogP contribution in [0.25, 0.3) is 0 Å². The average Bonchev–Trinajstić information content (AvgIpc) is 2.50. The van der Waals surface area contributed by atoms with Gasteiger partial charge in [-0.25, -0.2) is 0 Å². The Morgan fingerprint density at radius 2 is 1.36 bits per heavy atom. The van der Waals surface area contributed by atoms with E-state index in [-0.39, 0.29) is 5.41 Å². The lowest BCUT2D eigenvalue weighted by Crippen LogP contribution is -2.32. The van der Waals surface area contributed by atoms with Crippen molar-refractivity contribution in [2.75, 3.05) is 18.0 Å². The Bertz CT molecular complexity index is 364. The standard InChI is InChI=1S/C16H25N.C3H8.C2H6/c1-13-9-11-17(12-10-13)15-7-5-14(6-8-15)16(2,3)4;1-3-2;1-2/h5-8,13H,9-12H2,1-4H3;3H2,1-2H3;1-2H3. The highest BCUT2D eigenvalue weighted by Gasteiger charge is 2.17. The first-order valence-corrected chi connectivity index (χ1v) is 9.24. The van der Waals surface area contributed by atoms with Crippen LogP contribution in [0, 0.1) is 5.92 Å². The molecule has 0 atom stereocenters. The summed E-state index contributed by atoms with van der Waals surface area (Å²) >= 11 is 0. The summed E-state index contributed by atoms with van der Waals surface area (Å²) in [5.74, 6) is 0.903. The molecule has 1 heterocycles. The van der Waals surface area contributed by atoms with Crippen molar-refractivity contribution in [3.63, 3.8) is 0 Å². The highest BCUT2D eigenvalue weighted by Crippen LogP contribution is 2.27. The van der Waals surface area contributed by atoms with E-state index in [0.29, 0.717) is 0 Å². The Hall–Kier alpha value is -0.980. The van der Waals surface area contributed by atoms with Crippen LogP contribution in [0.1, 0.15) is 80.2 Å². The first-order valence-electron chi connectivity index (χ1n) is 9.24. The second-order valence-electron chi connectivity index (χ2n) is 7.17. The highest BCUT2D eigenvalue weighted by atomic mass is 15.1. The molecule has 2 rings (SSSR count). The van der Waals surface area contributed by atoms with Crippen LogP contribution in [-0.4, -0.2) is 13.1 Å². The molecular formula is C21H39N. The largest absolute Gasteiger partial charge is 0.372 e. The van der Waals surface area contributed by atoms with E-state index in [0.717, 1.165) is 5.92 Å². The fourth-order valence-corrected chi connectivity index (χ4v) is 2.44. The third-order valence-electron chi connectivity index (χ3n) is 3.88.